The smallest absolute Gasteiger partial charge is 0.143 e. The monoisotopic (exact) mass is 195 g/mol. The highest BCUT2D eigenvalue weighted by Crippen LogP contribution is 2.30. The van der Waals surface area contributed by atoms with E-state index in [4.69, 9.17) is 4.74 Å². The van der Waals surface area contributed by atoms with Gasteiger partial charge in [-0.3, -0.25) is 4.98 Å². The number of benzene rings is 1. The number of aromatic nitrogens is 1. The number of rotatable bonds is 0. The molecule has 72 valence electrons. The predicted molar refractivity (Wildman–Crippen MR) is 60.5 cm³/mol. The lowest BCUT2D eigenvalue weighted by atomic mass is 10.1. The summed E-state index contributed by atoms with van der Waals surface area (Å²) in [6, 6.07) is 7.97. The fourth-order valence-corrected chi connectivity index (χ4v) is 1.72. The van der Waals surface area contributed by atoms with Crippen molar-refractivity contribution in [2.45, 2.75) is 0 Å². The van der Waals surface area contributed by atoms with E-state index in [1.807, 2.05) is 42.5 Å². The fourth-order valence-electron chi connectivity index (χ4n) is 1.72. The number of hydrogen-bond donors (Lipinski definition) is 0. The van der Waals surface area contributed by atoms with E-state index in [0.717, 1.165) is 22.2 Å². The largest absolute Gasteiger partial charge is 0.464 e. The number of pyridine rings is 1. The van der Waals surface area contributed by atoms with E-state index in [9.17, 15) is 0 Å². The van der Waals surface area contributed by atoms with Gasteiger partial charge in [0.05, 0.1) is 11.8 Å². The molecule has 0 unspecified atom stereocenters. The molecule has 2 heterocycles. The second-order valence-electron chi connectivity index (χ2n) is 3.36. The Morgan fingerprint density at radius 2 is 2.07 bits per heavy atom. The highest BCUT2D eigenvalue weighted by molar-refractivity contribution is 5.89. The van der Waals surface area contributed by atoms with E-state index in [-0.39, 0.29) is 0 Å². The highest BCUT2D eigenvalue weighted by Gasteiger charge is 2.07. The Morgan fingerprint density at radius 1 is 1.07 bits per heavy atom. The number of hydrogen-bond acceptors (Lipinski definition) is 2. The molecule has 0 atom stereocenters. The number of fused-ring (bicyclic) bond motifs is 3. The summed E-state index contributed by atoms with van der Waals surface area (Å²) in [6.45, 7) is 0. The zero-order chi connectivity index (χ0) is 10.1. The van der Waals surface area contributed by atoms with Crippen LogP contribution in [-0.2, 0) is 0 Å². The quantitative estimate of drug-likeness (QED) is 0.644. The molecule has 2 nitrogen and oxygen atoms in total. The minimum atomic E-state index is 0.880. The molecule has 0 spiro atoms. The Hall–Kier alpha value is -2.09. The van der Waals surface area contributed by atoms with Gasteiger partial charge in [-0.05, 0) is 30.3 Å². The second-order valence-corrected chi connectivity index (χ2v) is 3.36. The van der Waals surface area contributed by atoms with Crippen LogP contribution in [0.4, 0.5) is 0 Å². The molecule has 3 rings (SSSR count). The van der Waals surface area contributed by atoms with Crippen molar-refractivity contribution in [3.05, 3.63) is 54.4 Å². The molecule has 1 aliphatic rings. The van der Waals surface area contributed by atoms with E-state index in [1.165, 1.54) is 0 Å². The third-order valence-corrected chi connectivity index (χ3v) is 2.42. The van der Waals surface area contributed by atoms with Crippen LogP contribution >= 0.6 is 0 Å². The van der Waals surface area contributed by atoms with Gasteiger partial charge in [-0.25, -0.2) is 0 Å². The molecular weight excluding hydrogens is 186 g/mol. The van der Waals surface area contributed by atoms with E-state index >= 15 is 0 Å². The zero-order valence-electron chi connectivity index (χ0n) is 8.05. The second kappa shape index (κ2) is 3.24. The minimum absolute atomic E-state index is 0.880. The maximum Gasteiger partial charge on any atom is 0.143 e. The molecule has 0 radical (unpaired) electrons. The molecule has 0 aliphatic carbocycles. The van der Waals surface area contributed by atoms with Gasteiger partial charge in [0.25, 0.3) is 0 Å². The van der Waals surface area contributed by atoms with Gasteiger partial charge in [-0.1, -0.05) is 12.2 Å². The topological polar surface area (TPSA) is 22.1 Å². The Labute approximate surface area is 87.5 Å². The number of allylic oxidation sites excluding steroid dienone is 2. The molecule has 0 saturated heterocycles. The molecule has 2 aromatic rings. The summed E-state index contributed by atoms with van der Waals surface area (Å²) >= 11 is 0. The third kappa shape index (κ3) is 1.31. The maximum atomic E-state index is 5.58. The predicted octanol–water partition coefficient (Wildman–Crippen LogP) is 3.15. The summed E-state index contributed by atoms with van der Waals surface area (Å²) < 4.78 is 5.58. The van der Waals surface area contributed by atoms with Gasteiger partial charge >= 0.3 is 0 Å². The van der Waals surface area contributed by atoms with Crippen LogP contribution in [0.1, 0.15) is 5.56 Å². The molecule has 0 N–H and O–H groups in total. The zero-order valence-corrected chi connectivity index (χ0v) is 8.05. The summed E-state index contributed by atoms with van der Waals surface area (Å²) in [5, 5.41) is 1.05. The van der Waals surface area contributed by atoms with Gasteiger partial charge in [0.1, 0.15) is 5.75 Å². The van der Waals surface area contributed by atoms with Gasteiger partial charge in [-0.15, -0.1) is 0 Å². The van der Waals surface area contributed by atoms with Crippen molar-refractivity contribution in [2.24, 2.45) is 0 Å². The van der Waals surface area contributed by atoms with Crippen LogP contribution in [0, 0.1) is 0 Å². The van der Waals surface area contributed by atoms with E-state index in [2.05, 4.69) is 4.98 Å². The summed E-state index contributed by atoms with van der Waals surface area (Å²) in [5.74, 6) is 0.880. The summed E-state index contributed by atoms with van der Waals surface area (Å²) in [7, 11) is 0. The number of nitrogens with zero attached hydrogens (tertiary/aromatic N) is 1. The summed E-state index contributed by atoms with van der Waals surface area (Å²) in [5.41, 5.74) is 2.04. The molecule has 0 fully saturated rings. The molecule has 2 heteroatoms. The van der Waals surface area contributed by atoms with Crippen molar-refractivity contribution in [3.63, 3.8) is 0 Å². The Balaban J connectivity index is 2.38. The summed E-state index contributed by atoms with van der Waals surface area (Å²) in [6.07, 6.45) is 9.35. The van der Waals surface area contributed by atoms with Crippen LogP contribution in [0.2, 0.25) is 0 Å². The first-order valence-electron chi connectivity index (χ1n) is 4.83. The van der Waals surface area contributed by atoms with Crippen LogP contribution in [0.5, 0.6) is 5.75 Å². The van der Waals surface area contributed by atoms with Gasteiger partial charge in [-0.2, -0.15) is 0 Å². The highest BCUT2D eigenvalue weighted by atomic mass is 16.5. The molecule has 0 bridgehead atoms. The van der Waals surface area contributed by atoms with Crippen LogP contribution in [0.25, 0.3) is 17.0 Å². The van der Waals surface area contributed by atoms with E-state index < -0.39 is 0 Å². The molecule has 1 aromatic carbocycles. The van der Waals surface area contributed by atoms with E-state index in [0.29, 0.717) is 0 Å². The SMILES string of the molecule is C1=COc2c(ccc3ncccc23)C=C1. The van der Waals surface area contributed by atoms with Crippen LogP contribution in [-0.4, -0.2) is 4.98 Å². The van der Waals surface area contributed by atoms with E-state index in [1.54, 1.807) is 12.5 Å². The van der Waals surface area contributed by atoms with Crippen molar-refractivity contribution < 1.29 is 4.74 Å². The maximum absolute atomic E-state index is 5.58. The lowest BCUT2D eigenvalue weighted by molar-refractivity contribution is 0.487. The Bertz CT molecular complexity index is 570. The van der Waals surface area contributed by atoms with Gasteiger partial charge in [0.15, 0.2) is 0 Å². The van der Waals surface area contributed by atoms with Crippen molar-refractivity contribution >= 4 is 17.0 Å². The average Bonchev–Trinajstić information content (AvgIpc) is 2.54. The minimum Gasteiger partial charge on any atom is -0.464 e. The van der Waals surface area contributed by atoms with Crippen molar-refractivity contribution in [3.8, 4) is 5.75 Å². The average molecular weight is 195 g/mol. The lowest BCUT2D eigenvalue weighted by Crippen LogP contribution is -1.88. The molecule has 0 amide bonds. The first-order chi connectivity index (χ1) is 7.45. The van der Waals surface area contributed by atoms with Gasteiger partial charge in [0, 0.05) is 17.1 Å². The van der Waals surface area contributed by atoms with Crippen LogP contribution in [0.3, 0.4) is 0 Å². The lowest BCUT2D eigenvalue weighted by Gasteiger charge is -2.07. The summed E-state index contributed by atoms with van der Waals surface area (Å²) in [4.78, 5) is 4.29. The molecular formula is C13H9NO. The van der Waals surface area contributed by atoms with Crippen LogP contribution in [0.15, 0.2) is 48.9 Å². The van der Waals surface area contributed by atoms with Crippen molar-refractivity contribution in [1.29, 1.82) is 0 Å². The van der Waals surface area contributed by atoms with Crippen molar-refractivity contribution in [1.82, 2.24) is 4.98 Å². The Morgan fingerprint density at radius 3 is 3.07 bits per heavy atom. The first-order valence-corrected chi connectivity index (χ1v) is 4.83. The van der Waals surface area contributed by atoms with Gasteiger partial charge < -0.3 is 4.74 Å². The normalized spacial score (nSPS) is 13.3. The van der Waals surface area contributed by atoms with Crippen LogP contribution < -0.4 is 4.74 Å². The standard InChI is InChI=1S/C13H9NO/c1-2-9-15-13-10(4-1)6-7-12-11(13)5-3-8-14-12/h1-9H. The molecule has 1 aromatic heterocycles. The van der Waals surface area contributed by atoms with Crippen molar-refractivity contribution in [2.75, 3.05) is 0 Å². The van der Waals surface area contributed by atoms with Gasteiger partial charge in [0.2, 0.25) is 0 Å². The Kier molecular flexibility index (Phi) is 1.78. The molecule has 15 heavy (non-hydrogen) atoms. The molecule has 0 saturated carbocycles. The third-order valence-electron chi connectivity index (χ3n) is 2.42. The fraction of sp³-hybridized carbons (Fsp3) is 0. The molecule has 1 aliphatic heterocycles. The first kappa shape index (κ1) is 8.24. The number of ether oxygens (including phenoxy) is 1.